The zero-order chi connectivity index (χ0) is 16.9. The monoisotopic (exact) mass is 343 g/mol. The molecule has 23 heavy (non-hydrogen) atoms. The van der Waals surface area contributed by atoms with Gasteiger partial charge >= 0.3 is 5.97 Å². The Bertz CT molecular complexity index is 650. The molecule has 0 bridgehead atoms. The first-order valence-corrected chi connectivity index (χ1v) is 8.92. The van der Waals surface area contributed by atoms with E-state index in [2.05, 4.69) is 15.6 Å². The number of carbonyl (C=O) groups excluding carboxylic acids is 1. The third-order valence-electron chi connectivity index (χ3n) is 3.29. The summed E-state index contributed by atoms with van der Waals surface area (Å²) in [4.78, 5) is 11.9. The fourth-order valence-electron chi connectivity index (χ4n) is 2.28. The summed E-state index contributed by atoms with van der Waals surface area (Å²) in [6.45, 7) is 4.27. The van der Waals surface area contributed by atoms with Crippen molar-refractivity contribution < 1.29 is 22.7 Å². The predicted octanol–water partition coefficient (Wildman–Crippen LogP) is 0.440. The Kier molecular flexibility index (Phi) is 5.80. The summed E-state index contributed by atoms with van der Waals surface area (Å²) in [6.07, 6.45) is 0. The Morgan fingerprint density at radius 1 is 1.30 bits per heavy atom. The van der Waals surface area contributed by atoms with E-state index in [-0.39, 0.29) is 13.2 Å². The van der Waals surface area contributed by atoms with Crippen LogP contribution in [0.15, 0.2) is 24.3 Å². The highest BCUT2D eigenvalue weighted by molar-refractivity contribution is 7.93. The lowest BCUT2D eigenvalue weighted by molar-refractivity contribution is -0.147. The van der Waals surface area contributed by atoms with E-state index in [1.807, 2.05) is 6.92 Å². The number of sulfonamides is 1. The van der Waals surface area contributed by atoms with E-state index in [9.17, 15) is 13.2 Å². The van der Waals surface area contributed by atoms with Crippen LogP contribution in [0.5, 0.6) is 5.75 Å². The zero-order valence-electron chi connectivity index (χ0n) is 13.0. The molecule has 0 saturated carbocycles. The average molecular weight is 343 g/mol. The van der Waals surface area contributed by atoms with Crippen LogP contribution >= 0.6 is 0 Å². The molecular weight excluding hydrogens is 322 g/mol. The lowest BCUT2D eigenvalue weighted by atomic mass is 10.2. The summed E-state index contributed by atoms with van der Waals surface area (Å²) >= 11 is 0. The van der Waals surface area contributed by atoms with E-state index >= 15 is 0 Å². The summed E-state index contributed by atoms with van der Waals surface area (Å²) < 4.78 is 38.0. The number of benzene rings is 1. The fourth-order valence-corrected chi connectivity index (χ4v) is 3.76. The second-order valence-electron chi connectivity index (χ2n) is 4.88. The molecule has 2 rings (SSSR count). The van der Waals surface area contributed by atoms with Crippen molar-refractivity contribution in [2.24, 2.45) is 5.92 Å². The van der Waals surface area contributed by atoms with E-state index in [1.165, 1.54) is 0 Å². The van der Waals surface area contributed by atoms with Crippen molar-refractivity contribution >= 4 is 21.7 Å². The number of hydrogen-bond donors (Lipinski definition) is 3. The second kappa shape index (κ2) is 7.62. The third-order valence-corrected chi connectivity index (χ3v) is 4.91. The molecule has 1 aliphatic rings. The summed E-state index contributed by atoms with van der Waals surface area (Å²) in [5, 5.41) is -1.13. The van der Waals surface area contributed by atoms with Crippen molar-refractivity contribution in [2.45, 2.75) is 19.2 Å². The van der Waals surface area contributed by atoms with Crippen LogP contribution in [0.25, 0.3) is 0 Å². The predicted molar refractivity (Wildman–Crippen MR) is 85.2 cm³/mol. The zero-order valence-corrected chi connectivity index (χ0v) is 13.9. The highest BCUT2D eigenvalue weighted by Gasteiger charge is 2.43. The molecule has 1 aromatic rings. The maximum absolute atomic E-state index is 12.6. The van der Waals surface area contributed by atoms with Crippen LogP contribution in [-0.4, -0.2) is 39.5 Å². The van der Waals surface area contributed by atoms with Crippen LogP contribution in [0.4, 0.5) is 5.69 Å². The summed E-state index contributed by atoms with van der Waals surface area (Å²) in [5.41, 5.74) is 5.63. The van der Waals surface area contributed by atoms with E-state index in [0.29, 0.717) is 18.0 Å². The minimum atomic E-state index is -3.87. The number of anilines is 1. The van der Waals surface area contributed by atoms with Crippen LogP contribution in [0.3, 0.4) is 0 Å². The van der Waals surface area contributed by atoms with E-state index in [4.69, 9.17) is 9.47 Å². The molecule has 0 radical (unpaired) electrons. The second-order valence-corrected chi connectivity index (χ2v) is 6.68. The first-order chi connectivity index (χ1) is 11.0. The fraction of sp³-hybridized carbons (Fsp3) is 0.500. The number of hydrazine groups is 1. The Morgan fingerprint density at radius 3 is 2.74 bits per heavy atom. The molecule has 2 atom stereocenters. The number of hydrogen-bond acceptors (Lipinski definition) is 7. The van der Waals surface area contributed by atoms with Crippen molar-refractivity contribution in [1.29, 1.82) is 0 Å². The van der Waals surface area contributed by atoms with Gasteiger partial charge < -0.3 is 9.47 Å². The maximum atomic E-state index is 12.6. The standard InChI is InChI=1S/C14H21N3O5S/c1-3-21-12-8-6-5-7-11(12)17-23(19,20)13-10(9-15-16-13)14(18)22-4-2/h5-8,10,13,15-17H,3-4,9H2,1-2H3. The Labute approximate surface area is 135 Å². The smallest absolute Gasteiger partial charge is 0.313 e. The minimum absolute atomic E-state index is 0.178. The highest BCUT2D eigenvalue weighted by atomic mass is 32.2. The van der Waals surface area contributed by atoms with Crippen LogP contribution in [0.2, 0.25) is 0 Å². The maximum Gasteiger partial charge on any atom is 0.313 e. The van der Waals surface area contributed by atoms with Crippen molar-refractivity contribution in [1.82, 2.24) is 10.9 Å². The Morgan fingerprint density at radius 2 is 2.04 bits per heavy atom. The molecule has 1 fully saturated rings. The largest absolute Gasteiger partial charge is 0.492 e. The molecule has 0 aliphatic carbocycles. The first-order valence-electron chi connectivity index (χ1n) is 7.38. The van der Waals surface area contributed by atoms with E-state index in [1.54, 1.807) is 31.2 Å². The van der Waals surface area contributed by atoms with Gasteiger partial charge in [-0.1, -0.05) is 12.1 Å². The van der Waals surface area contributed by atoms with E-state index < -0.39 is 27.3 Å². The number of rotatable bonds is 7. The topological polar surface area (TPSA) is 106 Å². The van der Waals surface area contributed by atoms with Crippen LogP contribution in [0.1, 0.15) is 13.8 Å². The Hall–Kier alpha value is -1.84. The van der Waals surface area contributed by atoms with Gasteiger partial charge in [0.1, 0.15) is 11.7 Å². The average Bonchev–Trinajstić information content (AvgIpc) is 3.00. The van der Waals surface area contributed by atoms with Gasteiger partial charge in [-0.05, 0) is 26.0 Å². The number of esters is 1. The van der Waals surface area contributed by atoms with Gasteiger partial charge in [-0.25, -0.2) is 13.8 Å². The van der Waals surface area contributed by atoms with Crippen LogP contribution in [0, 0.1) is 5.92 Å². The minimum Gasteiger partial charge on any atom is -0.492 e. The van der Waals surface area contributed by atoms with Gasteiger partial charge in [0.15, 0.2) is 5.37 Å². The lowest BCUT2D eigenvalue weighted by Crippen LogP contribution is -2.44. The van der Waals surface area contributed by atoms with Crippen LogP contribution in [-0.2, 0) is 19.6 Å². The molecule has 0 spiro atoms. The molecule has 1 aromatic carbocycles. The summed E-state index contributed by atoms with van der Waals surface area (Å²) in [7, 11) is -3.87. The molecule has 1 aliphatic heterocycles. The van der Waals surface area contributed by atoms with Gasteiger partial charge in [-0.3, -0.25) is 14.9 Å². The quantitative estimate of drug-likeness (QED) is 0.617. The number of ether oxygens (including phenoxy) is 2. The molecule has 0 aromatic heterocycles. The molecule has 0 amide bonds. The van der Waals surface area contributed by atoms with Gasteiger partial charge in [-0.15, -0.1) is 0 Å². The highest BCUT2D eigenvalue weighted by Crippen LogP contribution is 2.27. The molecular formula is C14H21N3O5S. The Balaban J connectivity index is 2.20. The number of para-hydroxylation sites is 2. The van der Waals surface area contributed by atoms with Crippen LogP contribution < -0.4 is 20.3 Å². The molecule has 128 valence electrons. The molecule has 1 heterocycles. The lowest BCUT2D eigenvalue weighted by Gasteiger charge is -2.19. The first kappa shape index (κ1) is 17.5. The van der Waals surface area contributed by atoms with Gasteiger partial charge in [0.05, 0.1) is 18.9 Å². The number of carbonyl (C=O) groups is 1. The number of nitrogens with one attached hydrogen (secondary N) is 3. The summed E-state index contributed by atoms with van der Waals surface area (Å²) in [5.74, 6) is -0.956. The molecule has 9 heteroatoms. The van der Waals surface area contributed by atoms with Gasteiger partial charge in [0.25, 0.3) is 10.0 Å². The third kappa shape index (κ3) is 4.12. The van der Waals surface area contributed by atoms with Gasteiger partial charge in [0, 0.05) is 6.54 Å². The summed E-state index contributed by atoms with van der Waals surface area (Å²) in [6, 6.07) is 6.72. The van der Waals surface area contributed by atoms with Gasteiger partial charge in [-0.2, -0.15) is 0 Å². The van der Waals surface area contributed by atoms with Crippen molar-refractivity contribution in [3.8, 4) is 5.75 Å². The normalized spacial score (nSPS) is 21.0. The SMILES string of the molecule is CCOC(=O)C1CNNC1S(=O)(=O)Nc1ccccc1OCC. The van der Waals surface area contributed by atoms with Crippen molar-refractivity contribution in [3.63, 3.8) is 0 Å². The molecule has 8 nitrogen and oxygen atoms in total. The molecule has 1 saturated heterocycles. The molecule has 2 unspecified atom stereocenters. The van der Waals surface area contributed by atoms with E-state index in [0.717, 1.165) is 0 Å². The van der Waals surface area contributed by atoms with Crippen molar-refractivity contribution in [2.75, 3.05) is 24.5 Å². The van der Waals surface area contributed by atoms with Gasteiger partial charge in [0.2, 0.25) is 0 Å². The molecule has 3 N–H and O–H groups in total. The van der Waals surface area contributed by atoms with Crippen molar-refractivity contribution in [3.05, 3.63) is 24.3 Å².